The number of nitrogens with zero attached hydrogens (tertiary/aromatic N) is 1. The van der Waals surface area contributed by atoms with E-state index in [0.29, 0.717) is 5.01 Å². The molecule has 0 bridgehead atoms. The summed E-state index contributed by atoms with van der Waals surface area (Å²) in [5.41, 5.74) is 1.04. The Morgan fingerprint density at radius 2 is 1.96 bits per heavy atom. The number of thiazole rings is 1. The first-order chi connectivity index (χ1) is 11.1. The lowest BCUT2D eigenvalue weighted by Crippen LogP contribution is -2.05. The van der Waals surface area contributed by atoms with Crippen molar-refractivity contribution < 1.29 is 19.7 Å². The highest BCUT2D eigenvalue weighted by atomic mass is 32.1. The van der Waals surface area contributed by atoms with E-state index in [2.05, 4.69) is 11.6 Å². The van der Waals surface area contributed by atoms with E-state index in [1.165, 1.54) is 29.5 Å². The van der Waals surface area contributed by atoms with Gasteiger partial charge in [-0.25, -0.2) is 9.78 Å². The van der Waals surface area contributed by atoms with Gasteiger partial charge in [0, 0.05) is 0 Å². The number of phenols is 2. The molecule has 3 rings (SSSR count). The Kier molecular flexibility index (Phi) is 3.99. The number of ether oxygens (including phenoxy) is 1. The van der Waals surface area contributed by atoms with Gasteiger partial charge in [-0.3, -0.25) is 0 Å². The molecule has 5 nitrogen and oxygen atoms in total. The number of hydrogen-bond acceptors (Lipinski definition) is 6. The third kappa shape index (κ3) is 2.89. The molecule has 3 aromatic rings. The van der Waals surface area contributed by atoms with Gasteiger partial charge in [0.15, 0.2) is 0 Å². The van der Waals surface area contributed by atoms with E-state index in [1.54, 1.807) is 0 Å². The number of esters is 1. The molecule has 0 fully saturated rings. The average molecular weight is 327 g/mol. The fourth-order valence-corrected chi connectivity index (χ4v) is 3.17. The van der Waals surface area contributed by atoms with Crippen LogP contribution in [0.5, 0.6) is 11.5 Å². The van der Waals surface area contributed by atoms with Crippen LogP contribution in [0.15, 0.2) is 49.1 Å². The normalized spacial score (nSPS) is 10.6. The molecule has 1 heterocycles. The Morgan fingerprint density at radius 3 is 2.61 bits per heavy atom. The van der Waals surface area contributed by atoms with Gasteiger partial charge in [-0.15, -0.1) is 11.3 Å². The van der Waals surface area contributed by atoms with Crippen LogP contribution in [0.1, 0.15) is 10.4 Å². The molecule has 0 amide bonds. The van der Waals surface area contributed by atoms with Gasteiger partial charge in [-0.2, -0.15) is 0 Å². The van der Waals surface area contributed by atoms with Gasteiger partial charge < -0.3 is 14.9 Å². The number of hydrogen-bond donors (Lipinski definition) is 2. The van der Waals surface area contributed by atoms with Gasteiger partial charge in [-0.05, 0) is 24.3 Å². The zero-order valence-corrected chi connectivity index (χ0v) is 12.8. The van der Waals surface area contributed by atoms with Crippen LogP contribution in [0, 0.1) is 0 Å². The number of carbonyl (C=O) groups excluding carboxylic acids is 1. The molecular weight excluding hydrogens is 314 g/mol. The highest BCUT2D eigenvalue weighted by Gasteiger charge is 2.19. The minimum absolute atomic E-state index is 0.0555. The van der Waals surface area contributed by atoms with Crippen molar-refractivity contribution in [1.29, 1.82) is 0 Å². The molecule has 0 saturated carbocycles. The van der Waals surface area contributed by atoms with Crippen LogP contribution >= 0.6 is 11.3 Å². The second kappa shape index (κ2) is 6.10. The third-order valence-corrected chi connectivity index (χ3v) is 4.23. The second-order valence-electron chi connectivity index (χ2n) is 4.76. The lowest BCUT2D eigenvalue weighted by atomic mass is 10.1. The standard InChI is InChI=1S/C17H13NO4S/c1-2-7-22-17(21)10-8-12(19)15(13(20)9-10)16-18-11-5-3-4-6-14(11)23-16/h2-6,8-9,19-20H,1,7H2. The van der Waals surface area contributed by atoms with E-state index >= 15 is 0 Å². The van der Waals surface area contributed by atoms with Crippen LogP contribution in [-0.4, -0.2) is 27.8 Å². The van der Waals surface area contributed by atoms with Gasteiger partial charge in [0.05, 0.1) is 21.3 Å². The molecule has 23 heavy (non-hydrogen) atoms. The molecular formula is C17H13NO4S. The van der Waals surface area contributed by atoms with E-state index in [-0.39, 0.29) is 29.2 Å². The zero-order valence-electron chi connectivity index (χ0n) is 12.0. The van der Waals surface area contributed by atoms with E-state index in [4.69, 9.17) is 4.74 Å². The first-order valence-electron chi connectivity index (χ1n) is 6.80. The maximum absolute atomic E-state index is 11.8. The summed E-state index contributed by atoms with van der Waals surface area (Å²) in [7, 11) is 0. The number of aromatic nitrogens is 1. The number of phenolic OH excluding ortho intramolecular Hbond substituents is 2. The highest BCUT2D eigenvalue weighted by molar-refractivity contribution is 7.21. The summed E-state index contributed by atoms with van der Waals surface area (Å²) in [4.78, 5) is 16.2. The number of rotatable bonds is 4. The molecule has 6 heteroatoms. The molecule has 0 saturated heterocycles. The maximum Gasteiger partial charge on any atom is 0.338 e. The minimum Gasteiger partial charge on any atom is -0.507 e. The molecule has 0 aliphatic rings. The Bertz CT molecular complexity index is 844. The monoisotopic (exact) mass is 327 g/mol. The number of fused-ring (bicyclic) bond motifs is 1. The number of carbonyl (C=O) groups is 1. The molecule has 2 N–H and O–H groups in total. The van der Waals surface area contributed by atoms with Gasteiger partial charge in [0.1, 0.15) is 23.1 Å². The molecule has 2 aromatic carbocycles. The van der Waals surface area contributed by atoms with Crippen molar-refractivity contribution in [1.82, 2.24) is 4.98 Å². The fraction of sp³-hybridized carbons (Fsp3) is 0.0588. The molecule has 116 valence electrons. The summed E-state index contributed by atoms with van der Waals surface area (Å²) >= 11 is 1.35. The van der Waals surface area contributed by atoms with Crippen LogP contribution in [0.25, 0.3) is 20.8 Å². The third-order valence-electron chi connectivity index (χ3n) is 3.17. The van der Waals surface area contributed by atoms with Crippen molar-refractivity contribution in [3.05, 3.63) is 54.6 Å². The number of aromatic hydroxyl groups is 2. The summed E-state index contributed by atoms with van der Waals surface area (Å²) in [6, 6.07) is 10.0. The lowest BCUT2D eigenvalue weighted by Gasteiger charge is -2.08. The van der Waals surface area contributed by atoms with Crippen LogP contribution < -0.4 is 0 Å². The van der Waals surface area contributed by atoms with Crippen LogP contribution in [0.4, 0.5) is 0 Å². The van der Waals surface area contributed by atoms with Crippen molar-refractivity contribution in [2.45, 2.75) is 0 Å². The van der Waals surface area contributed by atoms with Crippen molar-refractivity contribution in [2.75, 3.05) is 6.61 Å². The highest BCUT2D eigenvalue weighted by Crippen LogP contribution is 2.41. The second-order valence-corrected chi connectivity index (χ2v) is 5.79. The predicted molar refractivity (Wildman–Crippen MR) is 88.9 cm³/mol. The Hall–Kier alpha value is -2.86. The smallest absolute Gasteiger partial charge is 0.338 e. The zero-order chi connectivity index (χ0) is 16.4. The predicted octanol–water partition coefficient (Wildman–Crippen LogP) is 3.72. The summed E-state index contributed by atoms with van der Waals surface area (Å²) in [5, 5.41) is 20.9. The van der Waals surface area contributed by atoms with Gasteiger partial charge in [0.25, 0.3) is 0 Å². The summed E-state index contributed by atoms with van der Waals surface area (Å²) < 4.78 is 5.83. The Balaban J connectivity index is 2.03. The van der Waals surface area contributed by atoms with Crippen molar-refractivity contribution in [3.63, 3.8) is 0 Å². The largest absolute Gasteiger partial charge is 0.507 e. The van der Waals surface area contributed by atoms with Crippen LogP contribution in [0.3, 0.4) is 0 Å². The SMILES string of the molecule is C=CCOC(=O)c1cc(O)c(-c2nc3ccccc3s2)c(O)c1. The van der Waals surface area contributed by atoms with Crippen molar-refractivity contribution in [3.8, 4) is 22.1 Å². The van der Waals surface area contributed by atoms with Crippen LogP contribution in [0.2, 0.25) is 0 Å². The number of benzene rings is 2. The molecule has 0 atom stereocenters. The summed E-state index contributed by atoms with van der Waals surface area (Å²) in [6.45, 7) is 3.51. The lowest BCUT2D eigenvalue weighted by molar-refractivity contribution is 0.0549. The molecule has 0 unspecified atom stereocenters. The Morgan fingerprint density at radius 1 is 1.26 bits per heavy atom. The van der Waals surface area contributed by atoms with E-state index in [9.17, 15) is 15.0 Å². The summed E-state index contributed by atoms with van der Waals surface area (Å²) in [6.07, 6.45) is 1.44. The van der Waals surface area contributed by atoms with Gasteiger partial charge >= 0.3 is 5.97 Å². The summed E-state index contributed by atoms with van der Waals surface area (Å²) in [5.74, 6) is -1.10. The topological polar surface area (TPSA) is 79.7 Å². The van der Waals surface area contributed by atoms with Crippen molar-refractivity contribution >= 4 is 27.5 Å². The van der Waals surface area contributed by atoms with Gasteiger partial charge in [-0.1, -0.05) is 24.8 Å². The molecule has 0 radical (unpaired) electrons. The van der Waals surface area contributed by atoms with E-state index in [0.717, 1.165) is 10.2 Å². The minimum atomic E-state index is -0.647. The number of para-hydroxylation sites is 1. The average Bonchev–Trinajstić information content (AvgIpc) is 2.95. The van der Waals surface area contributed by atoms with Gasteiger partial charge in [0.2, 0.25) is 0 Å². The van der Waals surface area contributed by atoms with Crippen LogP contribution in [-0.2, 0) is 4.74 Å². The van der Waals surface area contributed by atoms with Crippen molar-refractivity contribution in [2.24, 2.45) is 0 Å². The fourth-order valence-electron chi connectivity index (χ4n) is 2.15. The molecule has 0 aliphatic heterocycles. The first-order valence-corrected chi connectivity index (χ1v) is 7.61. The quantitative estimate of drug-likeness (QED) is 0.564. The Labute approximate surface area is 136 Å². The molecule has 0 spiro atoms. The molecule has 1 aromatic heterocycles. The van der Waals surface area contributed by atoms with E-state index < -0.39 is 5.97 Å². The molecule has 0 aliphatic carbocycles. The van der Waals surface area contributed by atoms with E-state index in [1.807, 2.05) is 24.3 Å². The maximum atomic E-state index is 11.8. The first kappa shape index (κ1) is 15.1.